The monoisotopic (exact) mass is 468 g/mol. The number of rotatable bonds is 6. The lowest BCUT2D eigenvalue weighted by atomic mass is 10.0. The second kappa shape index (κ2) is 10.0. The quantitative estimate of drug-likeness (QED) is 0.373. The van der Waals surface area contributed by atoms with Gasteiger partial charge in [-0.2, -0.15) is 0 Å². The fraction of sp³-hybridized carbons (Fsp3) is 0.250. The van der Waals surface area contributed by atoms with Gasteiger partial charge in [0.25, 0.3) is 0 Å². The van der Waals surface area contributed by atoms with Gasteiger partial charge in [-0.1, -0.05) is 24.3 Å². The highest BCUT2D eigenvalue weighted by Gasteiger charge is 2.26. The second-order valence-corrected chi connectivity index (χ2v) is 8.51. The van der Waals surface area contributed by atoms with Crippen LogP contribution in [0, 0.1) is 0 Å². The van der Waals surface area contributed by atoms with Crippen molar-refractivity contribution in [3.8, 4) is 23.0 Å². The molecule has 0 radical (unpaired) electrons. The molecule has 2 aromatic carbocycles. The first kappa shape index (κ1) is 22.7. The number of fused-ring (bicyclic) bond motifs is 1. The number of carbonyl (C=O) groups excluding carboxylic acids is 1. The molecule has 0 aliphatic carbocycles. The Bertz CT molecular complexity index is 1360. The third-order valence-electron chi connectivity index (χ3n) is 6.46. The minimum atomic E-state index is 0.0127. The molecule has 0 saturated carbocycles. The number of ether oxygens (including phenoxy) is 2. The molecule has 1 saturated heterocycles. The van der Waals surface area contributed by atoms with Gasteiger partial charge in [-0.25, -0.2) is 4.98 Å². The molecule has 0 spiro atoms. The third kappa shape index (κ3) is 4.62. The van der Waals surface area contributed by atoms with Gasteiger partial charge in [-0.15, -0.1) is 0 Å². The number of likely N-dealkylation sites (tertiary alicyclic amines) is 1. The SMILES string of the molecule is COc1ccc(/C=C/C(=O)N2CCC(n3c(-c4ccccn4)nc4ccccc43)CC2)cc1OC. The van der Waals surface area contributed by atoms with E-state index in [0.717, 1.165) is 41.0 Å². The number of carbonyl (C=O) groups is 1. The maximum atomic E-state index is 12.9. The Kier molecular flexibility index (Phi) is 6.48. The Hall–Kier alpha value is -4.13. The van der Waals surface area contributed by atoms with Gasteiger partial charge in [0.1, 0.15) is 5.69 Å². The molecular weight excluding hydrogens is 440 g/mol. The summed E-state index contributed by atoms with van der Waals surface area (Å²) in [5.74, 6) is 2.19. The van der Waals surface area contributed by atoms with E-state index in [1.54, 1.807) is 26.5 Å². The average molecular weight is 469 g/mol. The Balaban J connectivity index is 1.31. The summed E-state index contributed by atoms with van der Waals surface area (Å²) in [5, 5.41) is 0. The zero-order valence-corrected chi connectivity index (χ0v) is 19.9. The summed E-state index contributed by atoms with van der Waals surface area (Å²) in [6, 6.07) is 19.9. The van der Waals surface area contributed by atoms with Crippen molar-refractivity contribution in [3.63, 3.8) is 0 Å². The molecule has 7 nitrogen and oxygen atoms in total. The predicted molar refractivity (Wildman–Crippen MR) is 136 cm³/mol. The molecule has 3 heterocycles. The molecule has 2 aromatic heterocycles. The van der Waals surface area contributed by atoms with Crippen molar-refractivity contribution in [2.24, 2.45) is 0 Å². The molecule has 178 valence electrons. The zero-order chi connectivity index (χ0) is 24.2. The van der Waals surface area contributed by atoms with Crippen LogP contribution in [-0.4, -0.2) is 52.7 Å². The number of nitrogens with zero attached hydrogens (tertiary/aromatic N) is 4. The van der Waals surface area contributed by atoms with E-state index in [1.807, 2.05) is 65.6 Å². The zero-order valence-electron chi connectivity index (χ0n) is 19.9. The van der Waals surface area contributed by atoms with Crippen LogP contribution in [0.2, 0.25) is 0 Å². The van der Waals surface area contributed by atoms with Crippen LogP contribution in [0.15, 0.2) is 72.9 Å². The van der Waals surface area contributed by atoms with Gasteiger partial charge in [0.05, 0.1) is 25.3 Å². The first-order valence-corrected chi connectivity index (χ1v) is 11.8. The van der Waals surface area contributed by atoms with Gasteiger partial charge >= 0.3 is 0 Å². The number of hydrogen-bond acceptors (Lipinski definition) is 5. The summed E-state index contributed by atoms with van der Waals surface area (Å²) in [6.45, 7) is 1.38. The van der Waals surface area contributed by atoms with Gasteiger partial charge in [0.2, 0.25) is 5.91 Å². The van der Waals surface area contributed by atoms with Crippen molar-refractivity contribution >= 4 is 23.0 Å². The summed E-state index contributed by atoms with van der Waals surface area (Å²) < 4.78 is 12.9. The molecule has 7 heteroatoms. The minimum Gasteiger partial charge on any atom is -0.493 e. The van der Waals surface area contributed by atoms with Crippen LogP contribution in [-0.2, 0) is 4.79 Å². The van der Waals surface area contributed by atoms with Gasteiger partial charge in [0, 0.05) is 31.4 Å². The number of aromatic nitrogens is 3. The van der Waals surface area contributed by atoms with Crippen molar-refractivity contribution in [1.82, 2.24) is 19.4 Å². The first-order chi connectivity index (χ1) is 17.2. The van der Waals surface area contributed by atoms with Crippen molar-refractivity contribution in [2.45, 2.75) is 18.9 Å². The summed E-state index contributed by atoms with van der Waals surface area (Å²) in [7, 11) is 3.20. The molecule has 4 aromatic rings. The normalized spacial score (nSPS) is 14.5. The lowest BCUT2D eigenvalue weighted by molar-refractivity contribution is -0.127. The van der Waals surface area contributed by atoms with E-state index in [1.165, 1.54) is 0 Å². The fourth-order valence-electron chi connectivity index (χ4n) is 4.66. The summed E-state index contributed by atoms with van der Waals surface area (Å²) in [4.78, 5) is 24.2. The molecule has 0 unspecified atom stereocenters. The lowest BCUT2D eigenvalue weighted by Crippen LogP contribution is -2.38. The molecule has 1 aliphatic heterocycles. The molecule has 0 N–H and O–H groups in total. The number of para-hydroxylation sites is 2. The van der Waals surface area contributed by atoms with Gasteiger partial charge in [-0.3, -0.25) is 9.78 Å². The highest BCUT2D eigenvalue weighted by molar-refractivity contribution is 5.92. The van der Waals surface area contributed by atoms with Crippen LogP contribution in [0.5, 0.6) is 11.5 Å². The van der Waals surface area contributed by atoms with E-state index in [9.17, 15) is 4.79 Å². The number of methoxy groups -OCH3 is 2. The highest BCUT2D eigenvalue weighted by atomic mass is 16.5. The molecular formula is C28H28N4O3. The number of amides is 1. The van der Waals surface area contributed by atoms with Crippen molar-refractivity contribution in [3.05, 3.63) is 78.5 Å². The Morgan fingerprint density at radius 3 is 2.49 bits per heavy atom. The lowest BCUT2D eigenvalue weighted by Gasteiger charge is -2.33. The molecule has 0 bridgehead atoms. The van der Waals surface area contributed by atoms with Crippen LogP contribution < -0.4 is 9.47 Å². The molecule has 0 atom stereocenters. The maximum absolute atomic E-state index is 12.9. The largest absolute Gasteiger partial charge is 0.493 e. The Labute approximate surface area is 204 Å². The highest BCUT2D eigenvalue weighted by Crippen LogP contribution is 2.33. The summed E-state index contributed by atoms with van der Waals surface area (Å²) in [5.41, 5.74) is 3.81. The van der Waals surface area contributed by atoms with E-state index in [2.05, 4.69) is 15.6 Å². The summed E-state index contributed by atoms with van der Waals surface area (Å²) in [6.07, 6.45) is 6.96. The van der Waals surface area contributed by atoms with E-state index >= 15 is 0 Å². The smallest absolute Gasteiger partial charge is 0.246 e. The molecule has 5 rings (SSSR count). The standard InChI is InChI=1S/C28H28N4O3/c1-34-25-12-10-20(19-26(25)35-2)11-13-27(33)31-17-14-21(15-18-31)32-24-9-4-3-7-22(24)30-28(32)23-8-5-6-16-29-23/h3-13,16,19,21H,14-15,17-18H2,1-2H3/b13-11+. The van der Waals surface area contributed by atoms with E-state index in [4.69, 9.17) is 14.5 Å². The van der Waals surface area contributed by atoms with E-state index < -0.39 is 0 Å². The van der Waals surface area contributed by atoms with Crippen LogP contribution in [0.1, 0.15) is 24.4 Å². The fourth-order valence-corrected chi connectivity index (χ4v) is 4.66. The number of pyridine rings is 1. The number of piperidine rings is 1. The topological polar surface area (TPSA) is 69.5 Å². The predicted octanol–water partition coefficient (Wildman–Crippen LogP) is 4.99. The molecule has 35 heavy (non-hydrogen) atoms. The van der Waals surface area contributed by atoms with Gasteiger partial charge in [-0.05, 0) is 60.9 Å². The Morgan fingerprint density at radius 1 is 0.971 bits per heavy atom. The van der Waals surface area contributed by atoms with Crippen LogP contribution in [0.25, 0.3) is 28.6 Å². The number of hydrogen-bond donors (Lipinski definition) is 0. The maximum Gasteiger partial charge on any atom is 0.246 e. The summed E-state index contributed by atoms with van der Waals surface area (Å²) >= 11 is 0. The van der Waals surface area contributed by atoms with E-state index in [-0.39, 0.29) is 11.9 Å². The second-order valence-electron chi connectivity index (χ2n) is 8.51. The first-order valence-electron chi connectivity index (χ1n) is 11.8. The van der Waals surface area contributed by atoms with E-state index in [0.29, 0.717) is 24.6 Å². The Morgan fingerprint density at radius 2 is 1.74 bits per heavy atom. The average Bonchev–Trinajstić information content (AvgIpc) is 3.32. The molecule has 1 fully saturated rings. The van der Waals surface area contributed by atoms with Crippen LogP contribution in [0.3, 0.4) is 0 Å². The van der Waals surface area contributed by atoms with Gasteiger partial charge < -0.3 is 18.9 Å². The van der Waals surface area contributed by atoms with Crippen LogP contribution >= 0.6 is 0 Å². The minimum absolute atomic E-state index is 0.0127. The molecule has 1 amide bonds. The number of benzene rings is 2. The van der Waals surface area contributed by atoms with Crippen LogP contribution in [0.4, 0.5) is 0 Å². The number of imidazole rings is 1. The third-order valence-corrected chi connectivity index (χ3v) is 6.46. The van der Waals surface area contributed by atoms with Crippen molar-refractivity contribution in [1.29, 1.82) is 0 Å². The van der Waals surface area contributed by atoms with Crippen molar-refractivity contribution in [2.75, 3.05) is 27.3 Å². The molecule has 1 aliphatic rings. The van der Waals surface area contributed by atoms with Gasteiger partial charge in [0.15, 0.2) is 17.3 Å². The van der Waals surface area contributed by atoms with Crippen molar-refractivity contribution < 1.29 is 14.3 Å².